The molecule has 2 aliphatic rings. The number of nitrogens with zero attached hydrogens (tertiary/aromatic N) is 1. The maximum absolute atomic E-state index is 12.8. The highest BCUT2D eigenvalue weighted by atomic mass is 32.2. The van der Waals surface area contributed by atoms with Gasteiger partial charge in [0.15, 0.2) is 6.67 Å². The predicted octanol–water partition coefficient (Wildman–Crippen LogP) is 0.667. The Kier molecular flexibility index (Phi) is 6.27. The first-order chi connectivity index (χ1) is 11.7. The number of aliphatic carboxylic acids is 1. The summed E-state index contributed by atoms with van der Waals surface area (Å²) in [6.07, 6.45) is 0. The number of alkyl halides is 3. The molecule has 140 valence electrons. The lowest BCUT2D eigenvalue weighted by molar-refractivity contribution is -0.150. The molecular weight excluding hydrogens is 385 g/mol. The minimum Gasteiger partial charge on any atom is -0.477 e. The summed E-state index contributed by atoms with van der Waals surface area (Å²) in [5, 5.41) is 7.32. The Morgan fingerprint density at radius 3 is 2.76 bits per heavy atom. The highest BCUT2D eigenvalue weighted by Gasteiger charge is 2.54. The van der Waals surface area contributed by atoms with Crippen molar-refractivity contribution in [3.05, 3.63) is 11.3 Å². The number of rotatable bonds is 8. The number of carbonyl (C=O) groups excluding carboxylic acids is 2. The molecule has 2 atom stereocenters. The molecule has 1 unspecified atom stereocenters. The van der Waals surface area contributed by atoms with Gasteiger partial charge in [-0.05, 0) is 5.57 Å². The third-order valence-electron chi connectivity index (χ3n) is 3.45. The molecule has 12 heteroatoms. The van der Waals surface area contributed by atoms with Crippen molar-refractivity contribution in [2.24, 2.45) is 0 Å². The maximum Gasteiger partial charge on any atom is 0.352 e. The molecule has 2 N–H and O–H groups in total. The molecule has 1 fully saturated rings. The Balaban J connectivity index is 2.01. The zero-order valence-corrected chi connectivity index (χ0v) is 14.6. The second kappa shape index (κ2) is 7.87. The minimum atomic E-state index is -3.67. The molecular formula is C13H15F3N2O5S2. The first kappa shape index (κ1) is 19.9. The van der Waals surface area contributed by atoms with Crippen LogP contribution in [0.5, 0.6) is 0 Å². The van der Waals surface area contributed by atoms with E-state index in [9.17, 15) is 32.7 Å². The summed E-state index contributed by atoms with van der Waals surface area (Å²) in [5.41, 5.74) is 0.256. The van der Waals surface area contributed by atoms with Gasteiger partial charge >= 0.3 is 11.2 Å². The predicted molar refractivity (Wildman–Crippen MR) is 84.9 cm³/mol. The molecule has 1 saturated heterocycles. The largest absolute Gasteiger partial charge is 0.477 e. The van der Waals surface area contributed by atoms with Crippen molar-refractivity contribution < 1.29 is 37.4 Å². The van der Waals surface area contributed by atoms with E-state index in [0.29, 0.717) is 11.3 Å². The van der Waals surface area contributed by atoms with Gasteiger partial charge in [0.1, 0.15) is 17.1 Å². The summed E-state index contributed by atoms with van der Waals surface area (Å²) < 4.78 is 42.5. The van der Waals surface area contributed by atoms with E-state index >= 15 is 0 Å². The number of β-lactam (4-membered cyclic amide) rings is 1. The van der Waals surface area contributed by atoms with E-state index in [1.54, 1.807) is 0 Å². The third-order valence-corrected chi connectivity index (χ3v) is 5.73. The lowest BCUT2D eigenvalue weighted by Gasteiger charge is -2.49. The molecule has 7 nitrogen and oxygen atoms in total. The Hall–Kier alpha value is -1.40. The molecule has 0 aromatic heterocycles. The highest BCUT2D eigenvalue weighted by Crippen LogP contribution is 2.40. The van der Waals surface area contributed by atoms with Crippen molar-refractivity contribution in [2.75, 3.05) is 31.9 Å². The fraction of sp³-hybridized carbons (Fsp3) is 0.615. The number of carboxylic acids is 1. The van der Waals surface area contributed by atoms with Gasteiger partial charge in [-0.2, -0.15) is 8.78 Å². The van der Waals surface area contributed by atoms with Crippen LogP contribution in [0.25, 0.3) is 0 Å². The van der Waals surface area contributed by atoms with Gasteiger partial charge < -0.3 is 15.2 Å². The van der Waals surface area contributed by atoms with Crippen LogP contribution in [-0.2, 0) is 19.1 Å². The molecule has 2 rings (SSSR count). The van der Waals surface area contributed by atoms with Crippen LogP contribution in [0.2, 0.25) is 0 Å². The number of carbonyl (C=O) groups is 3. The first-order valence-corrected chi connectivity index (χ1v) is 9.01. The number of halogens is 3. The molecule has 0 radical (unpaired) electrons. The van der Waals surface area contributed by atoms with E-state index in [2.05, 4.69) is 5.32 Å². The summed E-state index contributed by atoms with van der Waals surface area (Å²) >= 11 is 1.07. The Bertz CT molecular complexity index is 616. The molecule has 0 spiro atoms. The number of hydrogen-bond acceptors (Lipinski definition) is 6. The molecule has 2 heterocycles. The van der Waals surface area contributed by atoms with Crippen LogP contribution >= 0.6 is 23.5 Å². The van der Waals surface area contributed by atoms with Gasteiger partial charge in [0, 0.05) is 12.9 Å². The average Bonchev–Trinajstić information content (AvgIpc) is 2.57. The van der Waals surface area contributed by atoms with Crippen LogP contribution < -0.4 is 5.32 Å². The van der Waals surface area contributed by atoms with Crippen LogP contribution in [0, 0.1) is 0 Å². The number of thioether (sulfide) groups is 2. The Morgan fingerprint density at radius 1 is 1.52 bits per heavy atom. The monoisotopic (exact) mass is 400 g/mol. The topological polar surface area (TPSA) is 95.9 Å². The van der Waals surface area contributed by atoms with Crippen molar-refractivity contribution in [3.8, 4) is 0 Å². The van der Waals surface area contributed by atoms with E-state index in [1.807, 2.05) is 0 Å². The van der Waals surface area contributed by atoms with Crippen LogP contribution in [0.15, 0.2) is 11.3 Å². The zero-order valence-electron chi connectivity index (χ0n) is 13.0. The minimum absolute atomic E-state index is 0.0527. The van der Waals surface area contributed by atoms with E-state index in [4.69, 9.17) is 4.74 Å². The van der Waals surface area contributed by atoms with Crippen molar-refractivity contribution in [2.45, 2.75) is 16.7 Å². The number of amides is 2. The molecule has 0 saturated carbocycles. The summed E-state index contributed by atoms with van der Waals surface area (Å²) in [6.45, 7) is -1.84. The van der Waals surface area contributed by atoms with E-state index in [0.717, 1.165) is 4.90 Å². The Morgan fingerprint density at radius 2 is 2.20 bits per heavy atom. The number of ether oxygens (including phenoxy) is 1. The zero-order chi connectivity index (χ0) is 18.8. The van der Waals surface area contributed by atoms with Crippen molar-refractivity contribution in [1.29, 1.82) is 0 Å². The third kappa shape index (κ3) is 4.23. The normalized spacial score (nSPS) is 23.2. The number of nitrogens with one attached hydrogen (secondary N) is 1. The van der Waals surface area contributed by atoms with Gasteiger partial charge in [-0.15, -0.1) is 11.8 Å². The second-order valence-corrected chi connectivity index (χ2v) is 7.48. The van der Waals surface area contributed by atoms with Gasteiger partial charge in [0.2, 0.25) is 5.91 Å². The molecule has 2 amide bonds. The smallest absolute Gasteiger partial charge is 0.352 e. The lowest BCUT2D eigenvalue weighted by atomic mass is 10.0. The standard InChI is InChI=1S/C13H15F3N2O5S2/c1-23-2-6-3-24-11-8(10(20)18(11)9(6)12(21)22)17-7(19)4-25-13(15,16)5-14/h8,11H,2-5H2,1H3,(H,17,19)(H,21,22)/t8?,11-/m0/s1. The number of carboxylic acid groups (broad SMARTS) is 1. The van der Waals surface area contributed by atoms with Crippen LogP contribution in [0.3, 0.4) is 0 Å². The van der Waals surface area contributed by atoms with E-state index in [1.165, 1.54) is 18.9 Å². The molecule has 0 aromatic carbocycles. The highest BCUT2D eigenvalue weighted by molar-refractivity contribution is 8.01. The quantitative estimate of drug-likeness (QED) is 0.578. The van der Waals surface area contributed by atoms with Crippen molar-refractivity contribution in [3.63, 3.8) is 0 Å². The molecule has 2 aliphatic heterocycles. The SMILES string of the molecule is COCC1=C(C(=O)O)N2C(=O)C(NC(=O)CSC(F)(F)CF)[C@@H]2SC1. The second-order valence-electron chi connectivity index (χ2n) is 5.20. The summed E-state index contributed by atoms with van der Waals surface area (Å²) in [4.78, 5) is 36.4. The number of fused-ring (bicyclic) bond motifs is 1. The molecule has 0 aromatic rings. The summed E-state index contributed by atoms with van der Waals surface area (Å²) in [5.74, 6) is -3.19. The van der Waals surface area contributed by atoms with Crippen molar-refractivity contribution >= 4 is 41.3 Å². The number of hydrogen-bond donors (Lipinski definition) is 2. The lowest BCUT2D eigenvalue weighted by Crippen LogP contribution is -2.70. The van der Waals surface area contributed by atoms with E-state index < -0.39 is 46.9 Å². The molecule has 25 heavy (non-hydrogen) atoms. The fourth-order valence-corrected chi connectivity index (χ4v) is 4.22. The van der Waals surface area contributed by atoms with Crippen LogP contribution in [0.1, 0.15) is 0 Å². The molecule has 0 bridgehead atoms. The van der Waals surface area contributed by atoms with Crippen LogP contribution in [-0.4, -0.2) is 76.4 Å². The Labute approximate surface area is 149 Å². The van der Waals surface area contributed by atoms with Gasteiger partial charge in [-0.3, -0.25) is 14.5 Å². The van der Waals surface area contributed by atoms with Gasteiger partial charge in [0.25, 0.3) is 5.91 Å². The average molecular weight is 400 g/mol. The summed E-state index contributed by atoms with van der Waals surface area (Å²) in [6, 6.07) is -1.00. The molecule has 0 aliphatic carbocycles. The van der Waals surface area contributed by atoms with Gasteiger partial charge in [-0.1, -0.05) is 11.8 Å². The first-order valence-electron chi connectivity index (χ1n) is 6.98. The van der Waals surface area contributed by atoms with Gasteiger partial charge in [0.05, 0.1) is 12.4 Å². The summed E-state index contributed by atoms with van der Waals surface area (Å²) in [7, 11) is 1.40. The maximum atomic E-state index is 12.8. The number of methoxy groups -OCH3 is 1. The van der Waals surface area contributed by atoms with Crippen LogP contribution in [0.4, 0.5) is 13.2 Å². The fourth-order valence-electron chi connectivity index (χ4n) is 2.39. The van der Waals surface area contributed by atoms with Crippen molar-refractivity contribution in [1.82, 2.24) is 10.2 Å². The van der Waals surface area contributed by atoms with Gasteiger partial charge in [-0.25, -0.2) is 9.18 Å². The van der Waals surface area contributed by atoms with E-state index in [-0.39, 0.29) is 24.1 Å².